The van der Waals surface area contributed by atoms with Gasteiger partial charge in [-0.2, -0.15) is 0 Å². The molecule has 0 unspecified atom stereocenters. The summed E-state index contributed by atoms with van der Waals surface area (Å²) in [6, 6.07) is 6.32. The lowest BCUT2D eigenvalue weighted by molar-refractivity contribution is 0.307. The van der Waals surface area contributed by atoms with Crippen LogP contribution in [0.3, 0.4) is 0 Å². The van der Waals surface area contributed by atoms with E-state index in [4.69, 9.17) is 10.5 Å². The van der Waals surface area contributed by atoms with Gasteiger partial charge in [0.1, 0.15) is 12.4 Å². The monoisotopic (exact) mass is 285 g/mol. The van der Waals surface area contributed by atoms with E-state index < -0.39 is 0 Å². The van der Waals surface area contributed by atoms with E-state index in [2.05, 4.69) is 50.8 Å². The summed E-state index contributed by atoms with van der Waals surface area (Å²) >= 11 is 1.67. The summed E-state index contributed by atoms with van der Waals surface area (Å²) in [6.45, 7) is 7.27. The lowest BCUT2D eigenvalue weighted by Crippen LogP contribution is -1.97. The van der Waals surface area contributed by atoms with Crippen LogP contribution in [0.2, 0.25) is 0 Å². The third-order valence-corrected chi connectivity index (χ3v) is 4.03. The van der Waals surface area contributed by atoms with Crippen molar-refractivity contribution in [3.05, 3.63) is 50.7 Å². The second-order valence-electron chi connectivity index (χ2n) is 4.80. The molecule has 104 valence electrons. The van der Waals surface area contributed by atoms with Crippen LogP contribution in [0, 0.1) is 32.6 Å². The Morgan fingerprint density at radius 2 is 2.00 bits per heavy atom. The van der Waals surface area contributed by atoms with Crippen molar-refractivity contribution in [3.63, 3.8) is 0 Å². The van der Waals surface area contributed by atoms with E-state index in [-0.39, 0.29) is 0 Å². The fourth-order valence-corrected chi connectivity index (χ4v) is 2.70. The van der Waals surface area contributed by atoms with Gasteiger partial charge in [-0.3, -0.25) is 0 Å². The van der Waals surface area contributed by atoms with Gasteiger partial charge in [0.05, 0.1) is 6.54 Å². The molecule has 0 bridgehead atoms. The second kappa shape index (κ2) is 6.60. The maximum absolute atomic E-state index is 5.94. The van der Waals surface area contributed by atoms with E-state index in [1.54, 1.807) is 11.3 Å². The van der Waals surface area contributed by atoms with Gasteiger partial charge in [-0.05, 0) is 49.6 Å². The van der Waals surface area contributed by atoms with Crippen molar-refractivity contribution in [2.75, 3.05) is 6.54 Å². The van der Waals surface area contributed by atoms with Gasteiger partial charge in [0.25, 0.3) is 0 Å². The zero-order chi connectivity index (χ0) is 14.5. The largest absolute Gasteiger partial charge is 0.488 e. The van der Waals surface area contributed by atoms with Gasteiger partial charge in [0.2, 0.25) is 0 Å². The Kier molecular flexibility index (Phi) is 4.84. The molecule has 2 nitrogen and oxygen atoms in total. The van der Waals surface area contributed by atoms with Crippen molar-refractivity contribution >= 4 is 11.3 Å². The fraction of sp³-hybridized carbons (Fsp3) is 0.294. The molecule has 0 saturated carbocycles. The highest BCUT2D eigenvalue weighted by Gasteiger charge is 2.05. The molecule has 0 aliphatic heterocycles. The third kappa shape index (κ3) is 3.63. The smallest absolute Gasteiger partial charge is 0.123 e. The third-order valence-electron chi connectivity index (χ3n) is 3.12. The molecule has 0 spiro atoms. The van der Waals surface area contributed by atoms with Gasteiger partial charge in [-0.15, -0.1) is 11.3 Å². The van der Waals surface area contributed by atoms with Crippen LogP contribution in [0.4, 0.5) is 0 Å². The first-order chi connectivity index (χ1) is 9.60. The lowest BCUT2D eigenvalue weighted by Gasteiger charge is -2.11. The molecule has 2 rings (SSSR count). The maximum atomic E-state index is 5.94. The molecular weight excluding hydrogens is 266 g/mol. The summed E-state index contributed by atoms with van der Waals surface area (Å²) < 4.78 is 5.94. The summed E-state index contributed by atoms with van der Waals surface area (Å²) in [5, 5.41) is 2.04. The van der Waals surface area contributed by atoms with Crippen molar-refractivity contribution in [2.45, 2.75) is 27.4 Å². The van der Waals surface area contributed by atoms with Crippen LogP contribution in [-0.4, -0.2) is 6.54 Å². The van der Waals surface area contributed by atoms with E-state index in [1.807, 2.05) is 5.38 Å². The molecule has 2 aromatic rings. The van der Waals surface area contributed by atoms with E-state index in [0.29, 0.717) is 13.2 Å². The predicted molar refractivity (Wildman–Crippen MR) is 85.2 cm³/mol. The number of ether oxygens (including phenoxy) is 1. The minimum absolute atomic E-state index is 0.392. The normalized spacial score (nSPS) is 10.0. The molecule has 0 aliphatic carbocycles. The Labute approximate surface area is 124 Å². The Hall–Kier alpha value is -1.76. The van der Waals surface area contributed by atoms with Crippen LogP contribution >= 0.6 is 11.3 Å². The zero-order valence-electron chi connectivity index (χ0n) is 12.1. The van der Waals surface area contributed by atoms with E-state index in [1.165, 1.54) is 21.6 Å². The van der Waals surface area contributed by atoms with Crippen LogP contribution in [0.25, 0.3) is 0 Å². The van der Waals surface area contributed by atoms with Gasteiger partial charge < -0.3 is 10.5 Å². The van der Waals surface area contributed by atoms with E-state index in [0.717, 1.165) is 11.3 Å². The molecule has 0 saturated heterocycles. The SMILES string of the molecule is Cc1cc(C)c(C)c(OCc2cc(C#CCN)cs2)c1. The molecule has 1 heterocycles. The number of hydrogen-bond donors (Lipinski definition) is 1. The van der Waals surface area contributed by atoms with Gasteiger partial charge >= 0.3 is 0 Å². The molecule has 0 aliphatic rings. The Balaban J connectivity index is 2.07. The Morgan fingerprint density at radius 1 is 1.20 bits per heavy atom. The summed E-state index contributed by atoms with van der Waals surface area (Å²) in [4.78, 5) is 1.17. The number of aryl methyl sites for hydroxylation is 2. The van der Waals surface area contributed by atoms with Crippen LogP contribution < -0.4 is 10.5 Å². The van der Waals surface area contributed by atoms with Gasteiger partial charge in [0.15, 0.2) is 0 Å². The number of thiophene rings is 1. The fourth-order valence-electron chi connectivity index (χ4n) is 1.97. The first kappa shape index (κ1) is 14.6. The summed E-state index contributed by atoms with van der Waals surface area (Å²) in [5.41, 5.74) is 10.1. The minimum atomic E-state index is 0.392. The van der Waals surface area contributed by atoms with Crippen molar-refractivity contribution in [3.8, 4) is 17.6 Å². The van der Waals surface area contributed by atoms with Crippen LogP contribution in [0.15, 0.2) is 23.6 Å². The highest BCUT2D eigenvalue weighted by Crippen LogP contribution is 2.25. The average molecular weight is 285 g/mol. The van der Waals surface area contributed by atoms with Gasteiger partial charge in [0, 0.05) is 15.8 Å². The molecule has 0 amide bonds. The Bertz CT molecular complexity index is 661. The quantitative estimate of drug-likeness (QED) is 0.875. The molecule has 20 heavy (non-hydrogen) atoms. The zero-order valence-corrected chi connectivity index (χ0v) is 12.9. The van der Waals surface area contributed by atoms with Crippen molar-refractivity contribution in [2.24, 2.45) is 5.73 Å². The lowest BCUT2D eigenvalue weighted by atomic mass is 10.1. The number of nitrogens with two attached hydrogens (primary N) is 1. The number of hydrogen-bond acceptors (Lipinski definition) is 3. The highest BCUT2D eigenvalue weighted by molar-refractivity contribution is 7.10. The predicted octanol–water partition coefficient (Wildman–Crippen LogP) is 3.56. The molecule has 3 heteroatoms. The molecule has 0 fully saturated rings. The number of benzene rings is 1. The summed E-state index contributed by atoms with van der Waals surface area (Å²) in [5.74, 6) is 6.86. The summed E-state index contributed by atoms with van der Waals surface area (Å²) in [6.07, 6.45) is 0. The van der Waals surface area contributed by atoms with E-state index >= 15 is 0 Å². The van der Waals surface area contributed by atoms with Crippen LogP contribution in [0.1, 0.15) is 27.1 Å². The molecule has 1 aromatic carbocycles. The topological polar surface area (TPSA) is 35.2 Å². The first-order valence-electron chi connectivity index (χ1n) is 6.57. The highest BCUT2D eigenvalue weighted by atomic mass is 32.1. The molecule has 0 radical (unpaired) electrons. The molecule has 0 atom stereocenters. The molecule has 2 N–H and O–H groups in total. The maximum Gasteiger partial charge on any atom is 0.123 e. The second-order valence-corrected chi connectivity index (χ2v) is 5.80. The molecule has 1 aromatic heterocycles. The average Bonchev–Trinajstić information content (AvgIpc) is 2.86. The Morgan fingerprint density at radius 3 is 2.75 bits per heavy atom. The van der Waals surface area contributed by atoms with Gasteiger partial charge in [-0.25, -0.2) is 0 Å². The minimum Gasteiger partial charge on any atom is -0.488 e. The van der Waals surface area contributed by atoms with Crippen molar-refractivity contribution < 1.29 is 4.74 Å². The number of rotatable bonds is 3. The first-order valence-corrected chi connectivity index (χ1v) is 7.45. The standard InChI is InChI=1S/C17H19NOS/c1-12-7-13(2)14(3)17(8-12)19-10-16-9-15(11-20-16)5-4-6-18/h7-9,11H,6,10,18H2,1-3H3. The van der Waals surface area contributed by atoms with Crippen LogP contribution in [-0.2, 0) is 6.61 Å². The van der Waals surface area contributed by atoms with E-state index in [9.17, 15) is 0 Å². The summed E-state index contributed by atoms with van der Waals surface area (Å²) in [7, 11) is 0. The molecular formula is C17H19NOS. The van der Waals surface area contributed by atoms with Crippen LogP contribution in [0.5, 0.6) is 5.75 Å². The van der Waals surface area contributed by atoms with Gasteiger partial charge in [-0.1, -0.05) is 17.9 Å². The van der Waals surface area contributed by atoms with Crippen molar-refractivity contribution in [1.82, 2.24) is 0 Å². The van der Waals surface area contributed by atoms with Crippen molar-refractivity contribution in [1.29, 1.82) is 0 Å².